The number of amides is 1. The molecule has 0 atom stereocenters. The van der Waals surface area contributed by atoms with Crippen LogP contribution in [0.25, 0.3) is 0 Å². The molecule has 0 bridgehead atoms. The normalized spacial score (nSPS) is 10.7. The molecule has 0 fully saturated rings. The summed E-state index contributed by atoms with van der Waals surface area (Å²) in [4.78, 5) is 22.0. The third kappa shape index (κ3) is 5.01. The molecule has 0 aromatic heterocycles. The van der Waals surface area contributed by atoms with Gasteiger partial charge in [-0.3, -0.25) is 4.79 Å². The van der Waals surface area contributed by atoms with Crippen LogP contribution in [-0.4, -0.2) is 22.7 Å². The van der Waals surface area contributed by atoms with Gasteiger partial charge >= 0.3 is 12.1 Å². The highest BCUT2D eigenvalue weighted by Gasteiger charge is 2.24. The van der Waals surface area contributed by atoms with E-state index in [1.54, 1.807) is 44.2 Å². The summed E-state index contributed by atoms with van der Waals surface area (Å²) in [6, 6.07) is 8.57. The van der Waals surface area contributed by atoms with Crippen LogP contribution in [0.3, 0.4) is 0 Å². The van der Waals surface area contributed by atoms with Crippen LogP contribution in [0.2, 0.25) is 0 Å². The molecule has 17 heavy (non-hydrogen) atoms. The maximum atomic E-state index is 11.5. The van der Waals surface area contributed by atoms with E-state index in [9.17, 15) is 9.59 Å². The molecule has 0 aliphatic rings. The molecule has 5 heteroatoms. The quantitative estimate of drug-likeness (QED) is 0.840. The second-order valence-corrected chi connectivity index (χ2v) is 4.28. The van der Waals surface area contributed by atoms with Gasteiger partial charge in [0.05, 0.1) is 6.42 Å². The average Bonchev–Trinajstić information content (AvgIpc) is 2.15. The van der Waals surface area contributed by atoms with Crippen molar-refractivity contribution in [2.75, 3.05) is 0 Å². The Morgan fingerprint density at radius 3 is 2.41 bits per heavy atom. The van der Waals surface area contributed by atoms with E-state index in [1.807, 2.05) is 0 Å². The van der Waals surface area contributed by atoms with Crippen LogP contribution in [0, 0.1) is 0 Å². The van der Waals surface area contributed by atoms with Gasteiger partial charge in [-0.05, 0) is 26.0 Å². The SMILES string of the molecule is CC(C)(CC(=O)O)NC(=O)Oc1ccccc1. The zero-order valence-corrected chi connectivity index (χ0v) is 9.77. The van der Waals surface area contributed by atoms with Gasteiger partial charge in [0.25, 0.3) is 0 Å². The number of ether oxygens (including phenoxy) is 1. The Labute approximate surface area is 99.4 Å². The summed E-state index contributed by atoms with van der Waals surface area (Å²) < 4.78 is 4.99. The first kappa shape index (κ1) is 13.0. The molecule has 0 heterocycles. The van der Waals surface area contributed by atoms with Crippen LogP contribution >= 0.6 is 0 Å². The fourth-order valence-corrected chi connectivity index (χ4v) is 1.32. The molecule has 0 aliphatic carbocycles. The monoisotopic (exact) mass is 237 g/mol. The standard InChI is InChI=1S/C12H15NO4/c1-12(2,8-10(14)15)13-11(16)17-9-6-4-3-5-7-9/h3-7H,8H2,1-2H3,(H,13,16)(H,14,15). The Morgan fingerprint density at radius 2 is 1.88 bits per heavy atom. The number of nitrogens with one attached hydrogen (secondary N) is 1. The third-order valence-electron chi connectivity index (χ3n) is 1.99. The molecule has 1 rings (SSSR count). The highest BCUT2D eigenvalue weighted by Crippen LogP contribution is 2.11. The Bertz CT molecular complexity index is 400. The van der Waals surface area contributed by atoms with E-state index in [-0.39, 0.29) is 6.42 Å². The van der Waals surface area contributed by atoms with Gasteiger partial charge in [0.15, 0.2) is 0 Å². The Morgan fingerprint density at radius 1 is 1.29 bits per heavy atom. The molecule has 0 spiro atoms. The number of para-hydroxylation sites is 1. The van der Waals surface area contributed by atoms with E-state index in [0.29, 0.717) is 5.75 Å². The van der Waals surface area contributed by atoms with Gasteiger partial charge < -0.3 is 15.2 Å². The fraction of sp³-hybridized carbons (Fsp3) is 0.333. The minimum absolute atomic E-state index is 0.170. The Kier molecular flexibility index (Phi) is 4.09. The lowest BCUT2D eigenvalue weighted by Crippen LogP contribution is -2.46. The van der Waals surface area contributed by atoms with Crippen molar-refractivity contribution in [2.45, 2.75) is 25.8 Å². The summed E-state index contributed by atoms with van der Waals surface area (Å²) in [5.41, 5.74) is -0.850. The van der Waals surface area contributed by atoms with Gasteiger partial charge in [-0.2, -0.15) is 0 Å². The van der Waals surface area contributed by atoms with Crippen molar-refractivity contribution in [2.24, 2.45) is 0 Å². The molecule has 0 saturated heterocycles. The highest BCUT2D eigenvalue weighted by atomic mass is 16.6. The van der Waals surface area contributed by atoms with E-state index in [2.05, 4.69) is 5.32 Å². The van der Waals surface area contributed by atoms with E-state index in [4.69, 9.17) is 9.84 Å². The van der Waals surface area contributed by atoms with Crippen molar-refractivity contribution < 1.29 is 19.4 Å². The van der Waals surface area contributed by atoms with Crippen molar-refractivity contribution in [3.05, 3.63) is 30.3 Å². The van der Waals surface area contributed by atoms with Gasteiger partial charge in [-0.15, -0.1) is 0 Å². The zero-order valence-electron chi connectivity index (χ0n) is 9.77. The van der Waals surface area contributed by atoms with Crippen molar-refractivity contribution >= 4 is 12.1 Å². The van der Waals surface area contributed by atoms with Crippen LogP contribution in [0.4, 0.5) is 4.79 Å². The second kappa shape index (κ2) is 5.34. The van der Waals surface area contributed by atoms with E-state index in [1.165, 1.54) is 0 Å². The lowest BCUT2D eigenvalue weighted by atomic mass is 10.0. The summed E-state index contributed by atoms with van der Waals surface area (Å²) in [6.45, 7) is 3.24. The topological polar surface area (TPSA) is 75.6 Å². The molecule has 1 aromatic rings. The molecule has 2 N–H and O–H groups in total. The molecule has 0 unspecified atom stereocenters. The number of benzene rings is 1. The van der Waals surface area contributed by atoms with Crippen LogP contribution in [0.1, 0.15) is 20.3 Å². The summed E-state index contributed by atoms with van der Waals surface area (Å²) >= 11 is 0. The van der Waals surface area contributed by atoms with Crippen molar-refractivity contribution in [3.63, 3.8) is 0 Å². The van der Waals surface area contributed by atoms with Crippen molar-refractivity contribution in [1.82, 2.24) is 5.32 Å². The first-order valence-corrected chi connectivity index (χ1v) is 5.16. The number of carboxylic acids is 1. The highest BCUT2D eigenvalue weighted by molar-refractivity contribution is 5.74. The van der Waals surface area contributed by atoms with Gasteiger partial charge in [-0.25, -0.2) is 4.79 Å². The second-order valence-electron chi connectivity index (χ2n) is 4.28. The largest absolute Gasteiger partial charge is 0.481 e. The van der Waals surface area contributed by atoms with Crippen LogP contribution < -0.4 is 10.1 Å². The molecule has 92 valence electrons. The van der Waals surface area contributed by atoms with Gasteiger partial charge in [0, 0.05) is 5.54 Å². The fourth-order valence-electron chi connectivity index (χ4n) is 1.32. The number of carbonyl (C=O) groups excluding carboxylic acids is 1. The molecular weight excluding hydrogens is 222 g/mol. The number of aliphatic carboxylic acids is 1. The molecule has 1 amide bonds. The Hall–Kier alpha value is -2.04. The summed E-state index contributed by atoms with van der Waals surface area (Å²) in [6.07, 6.45) is -0.834. The predicted molar refractivity (Wildman–Crippen MR) is 61.9 cm³/mol. The maximum Gasteiger partial charge on any atom is 0.413 e. The van der Waals surface area contributed by atoms with E-state index in [0.717, 1.165) is 0 Å². The number of hydrogen-bond donors (Lipinski definition) is 2. The lowest BCUT2D eigenvalue weighted by molar-refractivity contribution is -0.138. The predicted octanol–water partition coefficient (Wildman–Crippen LogP) is 2.03. The molecule has 5 nitrogen and oxygen atoms in total. The molecule has 1 aromatic carbocycles. The zero-order chi connectivity index (χ0) is 12.9. The molecular formula is C12H15NO4. The number of hydrogen-bond acceptors (Lipinski definition) is 3. The molecule has 0 saturated carbocycles. The van der Waals surface area contributed by atoms with Gasteiger partial charge in [0.1, 0.15) is 5.75 Å². The van der Waals surface area contributed by atoms with E-state index < -0.39 is 17.6 Å². The van der Waals surface area contributed by atoms with Crippen LogP contribution in [0.5, 0.6) is 5.75 Å². The maximum absolute atomic E-state index is 11.5. The summed E-state index contributed by atoms with van der Waals surface area (Å²) in [5.74, 6) is -0.564. The van der Waals surface area contributed by atoms with Crippen molar-refractivity contribution in [1.29, 1.82) is 0 Å². The van der Waals surface area contributed by atoms with Gasteiger partial charge in [0.2, 0.25) is 0 Å². The Balaban J connectivity index is 2.52. The van der Waals surface area contributed by atoms with Gasteiger partial charge in [-0.1, -0.05) is 18.2 Å². The average molecular weight is 237 g/mol. The third-order valence-corrected chi connectivity index (χ3v) is 1.99. The van der Waals surface area contributed by atoms with Crippen molar-refractivity contribution in [3.8, 4) is 5.75 Å². The summed E-state index contributed by atoms with van der Waals surface area (Å²) in [7, 11) is 0. The minimum atomic E-state index is -0.977. The number of carboxylic acid groups (broad SMARTS) is 1. The first-order chi connectivity index (χ1) is 7.89. The number of rotatable bonds is 4. The number of carbonyl (C=O) groups is 2. The smallest absolute Gasteiger partial charge is 0.413 e. The molecule has 0 radical (unpaired) electrons. The lowest BCUT2D eigenvalue weighted by Gasteiger charge is -2.23. The first-order valence-electron chi connectivity index (χ1n) is 5.16. The van der Waals surface area contributed by atoms with Crippen LogP contribution in [-0.2, 0) is 4.79 Å². The van der Waals surface area contributed by atoms with Crippen LogP contribution in [0.15, 0.2) is 30.3 Å². The summed E-state index contributed by atoms with van der Waals surface area (Å²) in [5, 5.41) is 11.2. The minimum Gasteiger partial charge on any atom is -0.481 e. The van der Waals surface area contributed by atoms with E-state index >= 15 is 0 Å². The molecule has 0 aliphatic heterocycles.